The number of esters is 2. The first-order chi connectivity index (χ1) is 14.6. The lowest BCUT2D eigenvalue weighted by Gasteiger charge is -2.25. The Morgan fingerprint density at radius 2 is 1.73 bits per heavy atom. The van der Waals surface area contributed by atoms with Crippen LogP contribution < -0.4 is 0 Å². The number of rotatable bonds is 5. The third kappa shape index (κ3) is 4.38. The van der Waals surface area contributed by atoms with Crippen molar-refractivity contribution in [2.24, 2.45) is 0 Å². The fourth-order valence-electron chi connectivity index (χ4n) is 3.15. The molecule has 2 atom stereocenters. The largest absolute Gasteiger partial charge is 0.454 e. The zero-order valence-electron chi connectivity index (χ0n) is 16.2. The van der Waals surface area contributed by atoms with Gasteiger partial charge >= 0.3 is 11.9 Å². The predicted molar refractivity (Wildman–Crippen MR) is 111 cm³/mol. The Hall–Kier alpha value is -3.93. The Labute approximate surface area is 173 Å². The zero-order chi connectivity index (χ0) is 20.9. The first-order valence-corrected chi connectivity index (χ1v) is 9.45. The molecule has 0 radical (unpaired) electrons. The van der Waals surface area contributed by atoms with E-state index in [0.29, 0.717) is 17.3 Å². The van der Waals surface area contributed by atoms with Gasteiger partial charge in [-0.15, -0.1) is 0 Å². The van der Waals surface area contributed by atoms with Gasteiger partial charge in [0.2, 0.25) is 5.89 Å². The van der Waals surface area contributed by atoms with Crippen molar-refractivity contribution in [3.63, 3.8) is 0 Å². The van der Waals surface area contributed by atoms with Crippen molar-refractivity contribution < 1.29 is 23.5 Å². The van der Waals surface area contributed by atoms with E-state index < -0.39 is 24.1 Å². The van der Waals surface area contributed by atoms with Gasteiger partial charge in [0.05, 0.1) is 0 Å². The number of nitrogens with zero attached hydrogens (tertiary/aromatic N) is 1. The Bertz CT molecular complexity index is 1100. The molecule has 2 aromatic carbocycles. The number of hydrogen-bond acceptors (Lipinski definition) is 6. The summed E-state index contributed by atoms with van der Waals surface area (Å²) < 4.78 is 16.8. The van der Waals surface area contributed by atoms with Gasteiger partial charge < -0.3 is 13.9 Å². The van der Waals surface area contributed by atoms with E-state index in [0.717, 1.165) is 11.1 Å². The summed E-state index contributed by atoms with van der Waals surface area (Å²) in [5.74, 6) is -0.221. The molecule has 1 aliphatic heterocycles. The Morgan fingerprint density at radius 3 is 2.43 bits per heavy atom. The summed E-state index contributed by atoms with van der Waals surface area (Å²) >= 11 is 0. The van der Waals surface area contributed by atoms with Gasteiger partial charge in [0.15, 0.2) is 18.0 Å². The van der Waals surface area contributed by atoms with Crippen LogP contribution in [0, 0.1) is 0 Å². The number of oxazole rings is 1. The number of ether oxygens (including phenoxy) is 2. The molecule has 1 aromatic heterocycles. The van der Waals surface area contributed by atoms with Crippen molar-refractivity contribution in [3.05, 3.63) is 90.0 Å². The molecule has 0 spiro atoms. The van der Waals surface area contributed by atoms with Crippen LogP contribution in [0.3, 0.4) is 0 Å². The van der Waals surface area contributed by atoms with Crippen molar-refractivity contribution in [1.82, 2.24) is 4.98 Å². The van der Waals surface area contributed by atoms with E-state index in [2.05, 4.69) is 4.98 Å². The van der Waals surface area contributed by atoms with Gasteiger partial charge in [-0.25, -0.2) is 9.78 Å². The second-order valence-electron chi connectivity index (χ2n) is 6.67. The molecule has 0 amide bonds. The van der Waals surface area contributed by atoms with Gasteiger partial charge in [-0.3, -0.25) is 4.79 Å². The molecule has 2 heterocycles. The van der Waals surface area contributed by atoms with E-state index in [1.807, 2.05) is 66.7 Å². The van der Waals surface area contributed by atoms with Crippen LogP contribution in [0.4, 0.5) is 0 Å². The Morgan fingerprint density at radius 1 is 1.03 bits per heavy atom. The molecule has 0 aliphatic carbocycles. The van der Waals surface area contributed by atoms with Gasteiger partial charge in [-0.05, 0) is 17.7 Å². The normalized spacial score (nSPS) is 18.4. The van der Waals surface area contributed by atoms with Crippen molar-refractivity contribution in [2.75, 3.05) is 0 Å². The van der Waals surface area contributed by atoms with Crippen molar-refractivity contribution >= 4 is 24.1 Å². The van der Waals surface area contributed by atoms with Crippen molar-refractivity contribution in [2.45, 2.75) is 19.1 Å². The Balaban J connectivity index is 1.76. The minimum absolute atomic E-state index is 0.347. The topological polar surface area (TPSA) is 78.6 Å². The molecule has 0 saturated carbocycles. The predicted octanol–water partition coefficient (Wildman–Crippen LogP) is 4.60. The molecule has 3 aromatic rings. The number of carbonyl (C=O) groups is 2. The molecule has 1 aliphatic rings. The second-order valence-corrected chi connectivity index (χ2v) is 6.67. The standard InChI is InChI=1S/C24H19NO5/c1-16(26)28-19-13-15-21(27)30-24(19)22-23(18-10-6-3-7-11-18)29-20(25-22)14-12-17-8-4-2-5-9-17/h2-15,19,24H,1H3/b14-12+/t19-,24-/m0/s1. The Kier molecular flexibility index (Phi) is 5.57. The van der Waals surface area contributed by atoms with Crippen LogP contribution in [0.15, 0.2) is 77.2 Å². The van der Waals surface area contributed by atoms with E-state index >= 15 is 0 Å². The molecule has 150 valence electrons. The number of cyclic esters (lactones) is 1. The molecule has 6 heteroatoms. The third-order valence-corrected chi connectivity index (χ3v) is 4.46. The summed E-state index contributed by atoms with van der Waals surface area (Å²) in [5, 5.41) is 0. The van der Waals surface area contributed by atoms with E-state index in [1.54, 1.807) is 6.08 Å². The highest BCUT2D eigenvalue weighted by atomic mass is 16.6. The minimum Gasteiger partial charge on any atom is -0.454 e. The van der Waals surface area contributed by atoms with Crippen LogP contribution in [0.1, 0.15) is 30.2 Å². The maximum Gasteiger partial charge on any atom is 0.331 e. The average molecular weight is 401 g/mol. The molecule has 0 unspecified atom stereocenters. The SMILES string of the molecule is CC(=O)O[C@H]1C=CC(=O)O[C@@H]1c1nc(/C=C/c2ccccc2)oc1-c1ccccc1. The molecule has 0 N–H and O–H groups in total. The quantitative estimate of drug-likeness (QED) is 0.582. The summed E-state index contributed by atoms with van der Waals surface area (Å²) in [6, 6.07) is 19.1. The third-order valence-electron chi connectivity index (χ3n) is 4.46. The first kappa shape index (κ1) is 19.4. The fraction of sp³-hybridized carbons (Fsp3) is 0.125. The van der Waals surface area contributed by atoms with E-state index in [1.165, 1.54) is 19.1 Å². The second kappa shape index (κ2) is 8.61. The fourth-order valence-corrected chi connectivity index (χ4v) is 3.15. The van der Waals surface area contributed by atoms with E-state index in [-0.39, 0.29) is 0 Å². The summed E-state index contributed by atoms with van der Waals surface area (Å²) in [6.07, 6.45) is 4.65. The van der Waals surface area contributed by atoms with Crippen LogP contribution in [0.5, 0.6) is 0 Å². The monoisotopic (exact) mass is 401 g/mol. The molecular formula is C24H19NO5. The molecule has 30 heavy (non-hydrogen) atoms. The molecule has 4 rings (SSSR count). The smallest absolute Gasteiger partial charge is 0.331 e. The number of aromatic nitrogens is 1. The summed E-state index contributed by atoms with van der Waals surface area (Å²) in [6.45, 7) is 1.30. The molecule has 0 saturated heterocycles. The van der Waals surface area contributed by atoms with Gasteiger partial charge in [0, 0.05) is 24.6 Å². The van der Waals surface area contributed by atoms with Crippen LogP contribution in [-0.2, 0) is 19.1 Å². The van der Waals surface area contributed by atoms with Crippen LogP contribution in [0.2, 0.25) is 0 Å². The highest BCUT2D eigenvalue weighted by Crippen LogP contribution is 2.36. The van der Waals surface area contributed by atoms with E-state index in [4.69, 9.17) is 13.9 Å². The van der Waals surface area contributed by atoms with Crippen LogP contribution in [-0.4, -0.2) is 23.0 Å². The zero-order valence-corrected chi connectivity index (χ0v) is 16.2. The lowest BCUT2D eigenvalue weighted by molar-refractivity contribution is -0.163. The molecule has 6 nitrogen and oxygen atoms in total. The number of benzene rings is 2. The van der Waals surface area contributed by atoms with Gasteiger partial charge in [0.25, 0.3) is 0 Å². The lowest BCUT2D eigenvalue weighted by atomic mass is 10.0. The van der Waals surface area contributed by atoms with Gasteiger partial charge in [-0.2, -0.15) is 0 Å². The first-order valence-electron chi connectivity index (χ1n) is 9.45. The summed E-state index contributed by atoms with van der Waals surface area (Å²) in [5.41, 5.74) is 2.15. The maximum absolute atomic E-state index is 11.9. The van der Waals surface area contributed by atoms with Gasteiger partial charge in [0.1, 0.15) is 5.69 Å². The summed E-state index contributed by atoms with van der Waals surface area (Å²) in [7, 11) is 0. The highest BCUT2D eigenvalue weighted by molar-refractivity contribution is 5.83. The minimum atomic E-state index is -0.913. The van der Waals surface area contributed by atoms with E-state index in [9.17, 15) is 9.59 Å². The van der Waals surface area contributed by atoms with Crippen molar-refractivity contribution in [3.8, 4) is 11.3 Å². The highest BCUT2D eigenvalue weighted by Gasteiger charge is 2.36. The number of hydrogen-bond donors (Lipinski definition) is 0. The lowest BCUT2D eigenvalue weighted by Crippen LogP contribution is -2.30. The van der Waals surface area contributed by atoms with Crippen LogP contribution in [0.25, 0.3) is 23.5 Å². The average Bonchev–Trinajstić information content (AvgIpc) is 3.19. The molecular weight excluding hydrogens is 382 g/mol. The summed E-state index contributed by atoms with van der Waals surface area (Å²) in [4.78, 5) is 28.0. The number of carbonyl (C=O) groups excluding carboxylic acids is 2. The molecule has 0 bridgehead atoms. The maximum atomic E-state index is 11.9. The van der Waals surface area contributed by atoms with Gasteiger partial charge in [-0.1, -0.05) is 60.7 Å². The molecule has 0 fully saturated rings. The van der Waals surface area contributed by atoms with Crippen molar-refractivity contribution in [1.29, 1.82) is 0 Å². The van der Waals surface area contributed by atoms with Crippen LogP contribution >= 0.6 is 0 Å².